The smallest absolute Gasteiger partial charge is 0.0348 e. The summed E-state index contributed by atoms with van der Waals surface area (Å²) in [5, 5.41) is 3.35. The lowest BCUT2D eigenvalue weighted by molar-refractivity contribution is 0.127. The Morgan fingerprint density at radius 3 is 2.58 bits per heavy atom. The third kappa shape index (κ3) is 1.27. The van der Waals surface area contributed by atoms with Crippen molar-refractivity contribution in [1.82, 2.24) is 10.2 Å². The summed E-state index contributed by atoms with van der Waals surface area (Å²) in [7, 11) is 0. The molecule has 0 amide bonds. The number of nitrogens with zero attached hydrogens (tertiary/aromatic N) is 1. The van der Waals surface area contributed by atoms with Crippen LogP contribution in [0.3, 0.4) is 0 Å². The van der Waals surface area contributed by atoms with Gasteiger partial charge in [-0.2, -0.15) is 0 Å². The van der Waals surface area contributed by atoms with Crippen LogP contribution in [0.25, 0.3) is 0 Å². The highest BCUT2D eigenvalue weighted by Crippen LogP contribution is 2.29. The highest BCUT2D eigenvalue weighted by Gasteiger charge is 2.35. The molecule has 0 bridgehead atoms. The normalized spacial score (nSPS) is 38.5. The Labute approximate surface area is 75.3 Å². The van der Waals surface area contributed by atoms with Gasteiger partial charge in [0.1, 0.15) is 0 Å². The van der Waals surface area contributed by atoms with Gasteiger partial charge in [-0.1, -0.05) is 13.3 Å². The summed E-state index contributed by atoms with van der Waals surface area (Å²) < 4.78 is 0. The Hall–Kier alpha value is -0.0800. The summed E-state index contributed by atoms with van der Waals surface area (Å²) in [6.07, 6.45) is 2.78. The van der Waals surface area contributed by atoms with Crippen LogP contribution in [0, 0.1) is 5.92 Å². The molecular formula is C10H20N2. The molecule has 2 heteroatoms. The molecule has 0 aromatic heterocycles. The van der Waals surface area contributed by atoms with Gasteiger partial charge in [-0.15, -0.1) is 0 Å². The van der Waals surface area contributed by atoms with E-state index in [2.05, 4.69) is 24.1 Å². The highest BCUT2D eigenvalue weighted by molar-refractivity contribution is 4.93. The van der Waals surface area contributed by atoms with Crippen LogP contribution in [0.4, 0.5) is 0 Å². The summed E-state index contributed by atoms with van der Waals surface area (Å²) >= 11 is 0. The molecule has 2 unspecified atom stereocenters. The van der Waals surface area contributed by atoms with E-state index in [4.69, 9.17) is 0 Å². The monoisotopic (exact) mass is 168 g/mol. The Bertz CT molecular complexity index is 154. The van der Waals surface area contributed by atoms with E-state index < -0.39 is 0 Å². The Morgan fingerprint density at radius 2 is 2.17 bits per heavy atom. The van der Waals surface area contributed by atoms with E-state index in [1.54, 1.807) is 0 Å². The minimum Gasteiger partial charge on any atom is -0.314 e. The van der Waals surface area contributed by atoms with E-state index in [1.807, 2.05) is 0 Å². The maximum absolute atomic E-state index is 3.35. The third-order valence-electron chi connectivity index (χ3n) is 3.72. The number of likely N-dealkylation sites (tertiary alicyclic amines) is 1. The SMILES string of the molecule is CCC1CCN(C2CNC2)C1C. The van der Waals surface area contributed by atoms with E-state index in [9.17, 15) is 0 Å². The lowest BCUT2D eigenvalue weighted by atomic mass is 9.98. The molecule has 2 heterocycles. The first-order chi connectivity index (χ1) is 5.83. The summed E-state index contributed by atoms with van der Waals surface area (Å²) in [5.74, 6) is 0.964. The molecule has 0 radical (unpaired) electrons. The first kappa shape index (κ1) is 8.52. The average molecular weight is 168 g/mol. The zero-order valence-electron chi connectivity index (χ0n) is 8.21. The molecule has 0 aromatic rings. The second kappa shape index (κ2) is 3.35. The summed E-state index contributed by atoms with van der Waals surface area (Å²) in [4.78, 5) is 2.70. The van der Waals surface area contributed by atoms with E-state index in [-0.39, 0.29) is 0 Å². The summed E-state index contributed by atoms with van der Waals surface area (Å²) in [5.41, 5.74) is 0. The number of nitrogens with one attached hydrogen (secondary N) is 1. The predicted octanol–water partition coefficient (Wildman–Crippen LogP) is 1.08. The quantitative estimate of drug-likeness (QED) is 0.663. The van der Waals surface area contributed by atoms with Crippen LogP contribution in [0.15, 0.2) is 0 Å². The lowest BCUT2D eigenvalue weighted by Gasteiger charge is -2.39. The molecular weight excluding hydrogens is 148 g/mol. The maximum Gasteiger partial charge on any atom is 0.0348 e. The van der Waals surface area contributed by atoms with Gasteiger partial charge in [-0.05, 0) is 25.8 Å². The minimum absolute atomic E-state index is 0.835. The van der Waals surface area contributed by atoms with Gasteiger partial charge in [-0.25, -0.2) is 0 Å². The van der Waals surface area contributed by atoms with Crippen molar-refractivity contribution in [3.8, 4) is 0 Å². The van der Waals surface area contributed by atoms with Gasteiger partial charge < -0.3 is 5.32 Å². The van der Waals surface area contributed by atoms with Gasteiger partial charge >= 0.3 is 0 Å². The van der Waals surface area contributed by atoms with E-state index in [0.29, 0.717) is 0 Å². The van der Waals surface area contributed by atoms with Crippen LogP contribution >= 0.6 is 0 Å². The van der Waals surface area contributed by atoms with Crippen molar-refractivity contribution < 1.29 is 0 Å². The fraction of sp³-hybridized carbons (Fsp3) is 1.00. The van der Waals surface area contributed by atoms with Crippen molar-refractivity contribution >= 4 is 0 Å². The Morgan fingerprint density at radius 1 is 1.42 bits per heavy atom. The number of rotatable bonds is 2. The zero-order valence-corrected chi connectivity index (χ0v) is 8.21. The molecule has 2 fully saturated rings. The molecule has 0 aliphatic carbocycles. The fourth-order valence-corrected chi connectivity index (χ4v) is 2.60. The van der Waals surface area contributed by atoms with E-state index >= 15 is 0 Å². The van der Waals surface area contributed by atoms with Crippen molar-refractivity contribution in [1.29, 1.82) is 0 Å². The molecule has 2 rings (SSSR count). The third-order valence-corrected chi connectivity index (χ3v) is 3.72. The fourth-order valence-electron chi connectivity index (χ4n) is 2.60. The number of hydrogen-bond donors (Lipinski definition) is 1. The van der Waals surface area contributed by atoms with Crippen molar-refractivity contribution in [2.75, 3.05) is 19.6 Å². The molecule has 2 aliphatic rings. The van der Waals surface area contributed by atoms with Crippen LogP contribution in [0.5, 0.6) is 0 Å². The second-order valence-electron chi connectivity index (χ2n) is 4.25. The highest BCUT2D eigenvalue weighted by atomic mass is 15.3. The average Bonchev–Trinajstić information content (AvgIpc) is 2.30. The zero-order chi connectivity index (χ0) is 8.55. The van der Waals surface area contributed by atoms with Crippen molar-refractivity contribution in [3.63, 3.8) is 0 Å². The van der Waals surface area contributed by atoms with Gasteiger partial charge in [0.25, 0.3) is 0 Å². The molecule has 0 spiro atoms. The molecule has 1 N–H and O–H groups in total. The summed E-state index contributed by atoms with van der Waals surface area (Å²) in [6.45, 7) is 8.51. The van der Waals surface area contributed by atoms with Crippen LogP contribution in [0.2, 0.25) is 0 Å². The lowest BCUT2D eigenvalue weighted by Crippen LogP contribution is -2.58. The second-order valence-corrected chi connectivity index (χ2v) is 4.25. The topological polar surface area (TPSA) is 15.3 Å². The summed E-state index contributed by atoms with van der Waals surface area (Å²) in [6, 6.07) is 1.69. The predicted molar refractivity (Wildman–Crippen MR) is 51.2 cm³/mol. The molecule has 2 nitrogen and oxygen atoms in total. The van der Waals surface area contributed by atoms with E-state index in [0.717, 1.165) is 18.0 Å². The molecule has 2 atom stereocenters. The van der Waals surface area contributed by atoms with Crippen LogP contribution in [-0.4, -0.2) is 36.6 Å². The van der Waals surface area contributed by atoms with Gasteiger partial charge in [0.05, 0.1) is 0 Å². The minimum atomic E-state index is 0.835. The first-order valence-electron chi connectivity index (χ1n) is 5.29. The van der Waals surface area contributed by atoms with Gasteiger partial charge in [0.2, 0.25) is 0 Å². The van der Waals surface area contributed by atoms with Gasteiger partial charge in [0.15, 0.2) is 0 Å². The van der Waals surface area contributed by atoms with Crippen LogP contribution in [-0.2, 0) is 0 Å². The van der Waals surface area contributed by atoms with Crippen LogP contribution < -0.4 is 5.32 Å². The van der Waals surface area contributed by atoms with Gasteiger partial charge in [-0.3, -0.25) is 4.90 Å². The number of hydrogen-bond acceptors (Lipinski definition) is 2. The molecule has 0 aromatic carbocycles. The van der Waals surface area contributed by atoms with Gasteiger partial charge in [0, 0.05) is 25.2 Å². The largest absolute Gasteiger partial charge is 0.314 e. The van der Waals surface area contributed by atoms with E-state index in [1.165, 1.54) is 32.5 Å². The van der Waals surface area contributed by atoms with Crippen LogP contribution in [0.1, 0.15) is 26.7 Å². The molecule has 12 heavy (non-hydrogen) atoms. The van der Waals surface area contributed by atoms with Crippen molar-refractivity contribution in [3.05, 3.63) is 0 Å². The first-order valence-corrected chi connectivity index (χ1v) is 5.29. The van der Waals surface area contributed by atoms with Crippen molar-refractivity contribution in [2.24, 2.45) is 5.92 Å². The Kier molecular flexibility index (Phi) is 2.37. The standard InChI is InChI=1S/C10H20N2/c1-3-9-4-5-12(8(9)2)10-6-11-7-10/h8-11H,3-7H2,1-2H3. The molecule has 2 saturated heterocycles. The maximum atomic E-state index is 3.35. The molecule has 0 saturated carbocycles. The Balaban J connectivity index is 1.91. The van der Waals surface area contributed by atoms with Crippen molar-refractivity contribution in [2.45, 2.75) is 38.8 Å². The molecule has 70 valence electrons. The molecule has 2 aliphatic heterocycles.